The Bertz CT molecular complexity index is 134. The first-order chi connectivity index (χ1) is 3.39. The summed E-state index contributed by atoms with van der Waals surface area (Å²) >= 11 is 2.22. The van der Waals surface area contributed by atoms with Gasteiger partial charge in [0.05, 0.1) is 0 Å². The van der Waals surface area contributed by atoms with Crippen molar-refractivity contribution in [3.8, 4) is 0 Å². The van der Waals surface area contributed by atoms with E-state index in [1.807, 2.05) is 24.3 Å². The predicted octanol–water partition coefficient (Wildman–Crippen LogP) is 2.09. The Balaban J connectivity index is 3.02. The lowest BCUT2D eigenvalue weighted by atomic mass is 10.4. The average Bonchev–Trinajstić information content (AvgIpc) is 1.69. The highest BCUT2D eigenvalue weighted by Crippen LogP contribution is 1.98. The average molecular weight is 203 g/mol. The molecule has 0 aliphatic rings. The lowest BCUT2D eigenvalue weighted by Gasteiger charge is -1.79. The number of halogens is 1. The topological polar surface area (TPSA) is 0 Å². The van der Waals surface area contributed by atoms with E-state index < -0.39 is 0 Å². The number of hydrogen-bond acceptors (Lipinski definition) is 0. The van der Waals surface area contributed by atoms with Gasteiger partial charge in [0.2, 0.25) is 0 Å². The van der Waals surface area contributed by atoms with Crippen molar-refractivity contribution in [2.24, 2.45) is 0 Å². The molecule has 1 heteroatoms. The first-order valence-corrected chi connectivity index (χ1v) is 3.10. The molecule has 0 unspecified atom stereocenters. The van der Waals surface area contributed by atoms with Crippen LogP contribution in [0.15, 0.2) is 24.3 Å². The van der Waals surface area contributed by atoms with Crippen molar-refractivity contribution in [3.63, 3.8) is 0 Å². The standard InChI is InChI=1S/C6H4I/c7-6-4-2-1-3-5-6/h1-4H. The van der Waals surface area contributed by atoms with Gasteiger partial charge in [-0.05, 0) is 34.7 Å². The van der Waals surface area contributed by atoms with Gasteiger partial charge < -0.3 is 0 Å². The van der Waals surface area contributed by atoms with E-state index in [9.17, 15) is 0 Å². The third-order valence-electron chi connectivity index (χ3n) is 0.671. The summed E-state index contributed by atoms with van der Waals surface area (Å²) in [5.74, 6) is 0. The fraction of sp³-hybridized carbons (Fsp3) is 0. The summed E-state index contributed by atoms with van der Waals surface area (Å²) in [5, 5.41) is 0. The quantitative estimate of drug-likeness (QED) is 0.566. The summed E-state index contributed by atoms with van der Waals surface area (Å²) < 4.78 is 1.17. The molecule has 0 aliphatic carbocycles. The van der Waals surface area contributed by atoms with Crippen LogP contribution < -0.4 is 0 Å². The second-order valence-electron chi connectivity index (χ2n) is 1.21. The lowest BCUT2D eigenvalue weighted by molar-refractivity contribution is 1.63. The van der Waals surface area contributed by atoms with Gasteiger partial charge in [-0.25, -0.2) is 0 Å². The number of benzene rings is 1. The first kappa shape index (κ1) is 5.09. The third-order valence-corrected chi connectivity index (χ3v) is 1.34. The molecule has 0 saturated heterocycles. The predicted molar refractivity (Wildman–Crippen MR) is 38.0 cm³/mol. The van der Waals surface area contributed by atoms with Gasteiger partial charge in [0, 0.05) is 3.57 Å². The Kier molecular flexibility index (Phi) is 1.68. The van der Waals surface area contributed by atoms with Crippen molar-refractivity contribution in [2.75, 3.05) is 0 Å². The third kappa shape index (κ3) is 1.47. The molecule has 1 radical (unpaired) electrons. The molecule has 0 aromatic heterocycles. The smallest absolute Gasteiger partial charge is 0.0209 e. The van der Waals surface area contributed by atoms with Gasteiger partial charge in [0.15, 0.2) is 0 Å². The molecule has 1 aromatic carbocycles. The zero-order chi connectivity index (χ0) is 5.11. The molecule has 0 nitrogen and oxygen atoms in total. The van der Waals surface area contributed by atoms with Gasteiger partial charge in [-0.15, -0.1) is 0 Å². The zero-order valence-corrected chi connectivity index (χ0v) is 5.84. The van der Waals surface area contributed by atoms with E-state index in [2.05, 4.69) is 28.7 Å². The van der Waals surface area contributed by atoms with Crippen molar-refractivity contribution >= 4 is 22.6 Å². The summed E-state index contributed by atoms with van der Waals surface area (Å²) in [6.07, 6.45) is 0. The Labute approximate surface area is 56.7 Å². The molecule has 0 N–H and O–H groups in total. The van der Waals surface area contributed by atoms with Crippen molar-refractivity contribution < 1.29 is 0 Å². The van der Waals surface area contributed by atoms with Crippen LogP contribution in [0.5, 0.6) is 0 Å². The molecular weight excluding hydrogens is 199 g/mol. The first-order valence-electron chi connectivity index (χ1n) is 2.02. The molecule has 0 bridgehead atoms. The summed E-state index contributed by atoms with van der Waals surface area (Å²) in [6, 6.07) is 10.9. The molecule has 0 amide bonds. The van der Waals surface area contributed by atoms with Crippen LogP contribution in [-0.4, -0.2) is 0 Å². The largest absolute Gasteiger partial charge is 0.0616 e. The molecule has 1 aromatic rings. The molecule has 0 aliphatic heterocycles. The van der Waals surface area contributed by atoms with Crippen LogP contribution in [0.3, 0.4) is 0 Å². The summed E-state index contributed by atoms with van der Waals surface area (Å²) in [6.45, 7) is 0. The van der Waals surface area contributed by atoms with E-state index >= 15 is 0 Å². The minimum Gasteiger partial charge on any atom is -0.0616 e. The SMILES string of the molecule is Ic1[c]cccc1. The minimum absolute atomic E-state index is 1.17. The highest BCUT2D eigenvalue weighted by molar-refractivity contribution is 14.1. The van der Waals surface area contributed by atoms with E-state index in [-0.39, 0.29) is 0 Å². The number of rotatable bonds is 0. The normalized spacial score (nSPS) is 8.71. The Morgan fingerprint density at radius 3 is 2.57 bits per heavy atom. The molecule has 7 heavy (non-hydrogen) atoms. The van der Waals surface area contributed by atoms with Crippen molar-refractivity contribution in [1.82, 2.24) is 0 Å². The highest BCUT2D eigenvalue weighted by Gasteiger charge is 1.75. The molecule has 0 atom stereocenters. The van der Waals surface area contributed by atoms with Crippen molar-refractivity contribution in [1.29, 1.82) is 0 Å². The molecule has 0 spiro atoms. The van der Waals surface area contributed by atoms with Crippen LogP contribution in [0.2, 0.25) is 0 Å². The fourth-order valence-electron chi connectivity index (χ4n) is 0.371. The Hall–Kier alpha value is -0.0500. The summed E-state index contributed by atoms with van der Waals surface area (Å²) in [5.41, 5.74) is 0. The van der Waals surface area contributed by atoms with Crippen LogP contribution in [-0.2, 0) is 0 Å². The second-order valence-corrected chi connectivity index (χ2v) is 2.37. The molecule has 1 rings (SSSR count). The summed E-state index contributed by atoms with van der Waals surface area (Å²) in [4.78, 5) is 0. The van der Waals surface area contributed by atoms with E-state index in [0.29, 0.717) is 0 Å². The van der Waals surface area contributed by atoms with Crippen molar-refractivity contribution in [2.45, 2.75) is 0 Å². The van der Waals surface area contributed by atoms with Gasteiger partial charge in [0.1, 0.15) is 0 Å². The zero-order valence-electron chi connectivity index (χ0n) is 3.69. The van der Waals surface area contributed by atoms with Crippen LogP contribution in [0.25, 0.3) is 0 Å². The molecule has 0 fully saturated rings. The van der Waals surface area contributed by atoms with Gasteiger partial charge in [-0.1, -0.05) is 18.2 Å². The van der Waals surface area contributed by atoms with Crippen LogP contribution in [0, 0.1) is 9.64 Å². The van der Waals surface area contributed by atoms with Gasteiger partial charge in [-0.3, -0.25) is 0 Å². The summed E-state index contributed by atoms with van der Waals surface area (Å²) in [7, 11) is 0. The van der Waals surface area contributed by atoms with E-state index in [1.165, 1.54) is 3.57 Å². The molecular formula is C6H4I. The number of hydrogen-bond donors (Lipinski definition) is 0. The second kappa shape index (κ2) is 2.31. The molecule has 35 valence electrons. The van der Waals surface area contributed by atoms with E-state index in [1.54, 1.807) is 0 Å². The molecule has 0 heterocycles. The fourth-order valence-corrected chi connectivity index (χ4v) is 0.759. The van der Waals surface area contributed by atoms with Crippen LogP contribution in [0.1, 0.15) is 0 Å². The van der Waals surface area contributed by atoms with Gasteiger partial charge >= 0.3 is 0 Å². The van der Waals surface area contributed by atoms with Gasteiger partial charge in [-0.2, -0.15) is 0 Å². The maximum absolute atomic E-state index is 3.02. The minimum atomic E-state index is 1.17. The van der Waals surface area contributed by atoms with Gasteiger partial charge in [0.25, 0.3) is 0 Å². The monoisotopic (exact) mass is 203 g/mol. The van der Waals surface area contributed by atoms with Crippen molar-refractivity contribution in [3.05, 3.63) is 33.9 Å². The highest BCUT2D eigenvalue weighted by atomic mass is 127. The maximum Gasteiger partial charge on any atom is 0.0209 e. The maximum atomic E-state index is 3.02. The van der Waals surface area contributed by atoms with E-state index in [4.69, 9.17) is 0 Å². The Morgan fingerprint density at radius 1 is 1.43 bits per heavy atom. The van der Waals surface area contributed by atoms with Crippen LogP contribution in [0.4, 0.5) is 0 Å². The lowest BCUT2D eigenvalue weighted by Crippen LogP contribution is -1.62. The molecule has 0 saturated carbocycles. The Morgan fingerprint density at radius 2 is 2.29 bits per heavy atom. The van der Waals surface area contributed by atoms with Crippen LogP contribution >= 0.6 is 22.6 Å². The van der Waals surface area contributed by atoms with E-state index in [0.717, 1.165) is 0 Å².